The second kappa shape index (κ2) is 6.97. The number of halogens is 3. The van der Waals surface area contributed by atoms with Gasteiger partial charge in [-0.2, -0.15) is 0 Å². The number of aliphatic carboxylic acids is 1. The fourth-order valence-corrected chi connectivity index (χ4v) is 1.20. The zero-order chi connectivity index (χ0) is 12.8. The van der Waals surface area contributed by atoms with Crippen LogP contribution in [0.2, 0.25) is 0 Å². The number of carbonyl (C=O) groups is 1. The second-order valence-electron chi connectivity index (χ2n) is 2.87. The van der Waals surface area contributed by atoms with Gasteiger partial charge in [-0.15, -0.1) is 0 Å². The fraction of sp³-hybridized carbons (Fsp3) is 0.300. The van der Waals surface area contributed by atoms with Crippen LogP contribution in [0.25, 0.3) is 0 Å². The summed E-state index contributed by atoms with van der Waals surface area (Å²) in [7, 11) is 0. The van der Waals surface area contributed by atoms with Gasteiger partial charge in [0, 0.05) is 6.92 Å². The lowest BCUT2D eigenvalue weighted by molar-refractivity contribution is -0.134. The van der Waals surface area contributed by atoms with Crippen molar-refractivity contribution in [3.8, 4) is 0 Å². The molecule has 0 bridgehead atoms. The van der Waals surface area contributed by atoms with E-state index in [1.807, 2.05) is 6.07 Å². The van der Waals surface area contributed by atoms with E-state index in [-0.39, 0.29) is 0 Å². The summed E-state index contributed by atoms with van der Waals surface area (Å²) in [6.07, 6.45) is -1.08. The van der Waals surface area contributed by atoms with E-state index in [1.54, 1.807) is 24.3 Å². The summed E-state index contributed by atoms with van der Waals surface area (Å²) in [5.74, 6) is -0.833. The van der Waals surface area contributed by atoms with E-state index >= 15 is 0 Å². The maximum atomic E-state index is 9.46. The standard InChI is InChI=1S/C8H7Cl3O.C2H4O2/c9-8(10,11)7(12)6-4-2-1-3-5-6;1-2(3)4/h1-5,7,12H;1H3,(H,3,4). The van der Waals surface area contributed by atoms with Crippen LogP contribution in [-0.4, -0.2) is 20.0 Å². The van der Waals surface area contributed by atoms with Crippen molar-refractivity contribution in [1.82, 2.24) is 0 Å². The molecule has 2 N–H and O–H groups in total. The molecule has 1 atom stereocenters. The fourth-order valence-electron chi connectivity index (χ4n) is 0.824. The summed E-state index contributed by atoms with van der Waals surface area (Å²) in [5.41, 5.74) is 0.595. The predicted molar refractivity (Wildman–Crippen MR) is 65.0 cm³/mol. The summed E-state index contributed by atoms with van der Waals surface area (Å²) in [6, 6.07) is 8.78. The van der Waals surface area contributed by atoms with Crippen LogP contribution >= 0.6 is 34.8 Å². The first kappa shape index (κ1) is 15.5. The third-order valence-corrected chi connectivity index (χ3v) is 2.05. The molecule has 0 heterocycles. The Bertz CT molecular complexity index is 318. The van der Waals surface area contributed by atoms with Crippen LogP contribution in [0.4, 0.5) is 0 Å². The highest BCUT2D eigenvalue weighted by Crippen LogP contribution is 2.39. The van der Waals surface area contributed by atoms with E-state index in [4.69, 9.17) is 44.7 Å². The summed E-state index contributed by atoms with van der Waals surface area (Å²) in [4.78, 5) is 9.00. The third-order valence-electron chi connectivity index (χ3n) is 1.43. The van der Waals surface area contributed by atoms with Crippen LogP contribution in [0.1, 0.15) is 18.6 Å². The van der Waals surface area contributed by atoms with Gasteiger partial charge in [0.2, 0.25) is 3.79 Å². The van der Waals surface area contributed by atoms with E-state index in [1.165, 1.54) is 0 Å². The Balaban J connectivity index is 0.000000487. The predicted octanol–water partition coefficient (Wildman–Crippen LogP) is 3.18. The van der Waals surface area contributed by atoms with Gasteiger partial charge >= 0.3 is 0 Å². The van der Waals surface area contributed by atoms with Crippen molar-refractivity contribution in [2.75, 3.05) is 0 Å². The van der Waals surface area contributed by atoms with Crippen LogP contribution in [0, 0.1) is 0 Å². The van der Waals surface area contributed by atoms with Gasteiger partial charge in [0.25, 0.3) is 5.97 Å². The van der Waals surface area contributed by atoms with Gasteiger partial charge in [-0.3, -0.25) is 4.79 Å². The third kappa shape index (κ3) is 6.90. The minimum absolute atomic E-state index is 0.595. The SMILES string of the molecule is CC(=O)O.OC(c1ccccc1)C(Cl)(Cl)Cl. The molecule has 0 aliphatic rings. The second-order valence-corrected chi connectivity index (χ2v) is 5.24. The number of hydrogen-bond acceptors (Lipinski definition) is 2. The van der Waals surface area contributed by atoms with Crippen molar-refractivity contribution in [3.63, 3.8) is 0 Å². The molecule has 0 radical (unpaired) electrons. The molecule has 0 amide bonds. The largest absolute Gasteiger partial charge is 0.481 e. The Morgan fingerprint density at radius 3 is 1.94 bits per heavy atom. The van der Waals surface area contributed by atoms with Crippen molar-refractivity contribution < 1.29 is 15.0 Å². The molecule has 0 aliphatic carbocycles. The maximum Gasteiger partial charge on any atom is 0.300 e. The first-order valence-corrected chi connectivity index (χ1v) is 5.37. The Kier molecular flexibility index (Phi) is 6.76. The average Bonchev–Trinajstić information content (AvgIpc) is 2.16. The molecule has 0 aliphatic heterocycles. The number of carboxylic acid groups (broad SMARTS) is 1. The maximum absolute atomic E-state index is 9.46. The number of hydrogen-bond donors (Lipinski definition) is 2. The van der Waals surface area contributed by atoms with E-state index in [2.05, 4.69) is 0 Å². The quantitative estimate of drug-likeness (QED) is 0.779. The molecule has 0 spiro atoms. The first-order chi connectivity index (χ1) is 7.25. The number of aliphatic hydroxyl groups excluding tert-OH is 1. The Morgan fingerprint density at radius 2 is 1.62 bits per heavy atom. The Labute approximate surface area is 109 Å². The molecule has 3 nitrogen and oxygen atoms in total. The van der Waals surface area contributed by atoms with Gasteiger partial charge in [-0.25, -0.2) is 0 Å². The van der Waals surface area contributed by atoms with Crippen LogP contribution in [0.3, 0.4) is 0 Å². The zero-order valence-electron chi connectivity index (χ0n) is 8.40. The van der Waals surface area contributed by atoms with Crippen LogP contribution in [0.5, 0.6) is 0 Å². The van der Waals surface area contributed by atoms with Crippen LogP contribution < -0.4 is 0 Å². The van der Waals surface area contributed by atoms with Crippen LogP contribution in [0.15, 0.2) is 30.3 Å². The minimum Gasteiger partial charge on any atom is -0.481 e. The number of rotatable bonds is 1. The van der Waals surface area contributed by atoms with E-state index < -0.39 is 15.9 Å². The monoisotopic (exact) mass is 284 g/mol. The molecule has 0 fully saturated rings. The normalized spacial score (nSPS) is 12.3. The summed E-state index contributed by atoms with van der Waals surface area (Å²) in [6.45, 7) is 1.08. The van der Waals surface area contributed by atoms with Crippen molar-refractivity contribution in [3.05, 3.63) is 35.9 Å². The van der Waals surface area contributed by atoms with Gasteiger partial charge in [-0.05, 0) is 5.56 Å². The van der Waals surface area contributed by atoms with E-state index in [0.717, 1.165) is 6.92 Å². The molecule has 16 heavy (non-hydrogen) atoms. The van der Waals surface area contributed by atoms with Crippen molar-refractivity contribution >= 4 is 40.8 Å². The van der Waals surface area contributed by atoms with Crippen molar-refractivity contribution in [2.45, 2.75) is 16.8 Å². The molecule has 90 valence electrons. The number of carboxylic acids is 1. The highest BCUT2D eigenvalue weighted by Gasteiger charge is 2.31. The lowest BCUT2D eigenvalue weighted by atomic mass is 10.1. The van der Waals surface area contributed by atoms with Crippen LogP contribution in [-0.2, 0) is 4.79 Å². The molecule has 0 saturated heterocycles. The zero-order valence-corrected chi connectivity index (χ0v) is 10.7. The minimum atomic E-state index is -1.67. The average molecular weight is 286 g/mol. The number of benzene rings is 1. The van der Waals surface area contributed by atoms with Crippen molar-refractivity contribution in [1.29, 1.82) is 0 Å². The van der Waals surface area contributed by atoms with Gasteiger partial charge in [0.05, 0.1) is 0 Å². The highest BCUT2D eigenvalue weighted by atomic mass is 35.6. The molecule has 1 unspecified atom stereocenters. The van der Waals surface area contributed by atoms with Gasteiger partial charge in [0.15, 0.2) is 0 Å². The smallest absolute Gasteiger partial charge is 0.300 e. The van der Waals surface area contributed by atoms with Gasteiger partial charge < -0.3 is 10.2 Å². The molecular formula is C10H11Cl3O3. The molecule has 0 aromatic heterocycles. The van der Waals surface area contributed by atoms with Crippen molar-refractivity contribution in [2.24, 2.45) is 0 Å². The molecular weight excluding hydrogens is 274 g/mol. The number of aliphatic hydroxyl groups is 1. The molecule has 1 rings (SSSR count). The summed E-state index contributed by atoms with van der Waals surface area (Å²) < 4.78 is -1.67. The summed E-state index contributed by atoms with van der Waals surface area (Å²) in [5, 5.41) is 16.9. The first-order valence-electron chi connectivity index (χ1n) is 4.24. The molecule has 1 aromatic rings. The van der Waals surface area contributed by atoms with E-state index in [0.29, 0.717) is 5.56 Å². The lowest BCUT2D eigenvalue weighted by Crippen LogP contribution is -2.15. The molecule has 1 aromatic carbocycles. The topological polar surface area (TPSA) is 57.5 Å². The molecule has 0 saturated carbocycles. The Hall–Kier alpha value is -0.480. The van der Waals surface area contributed by atoms with Gasteiger partial charge in [0.1, 0.15) is 6.10 Å². The molecule has 6 heteroatoms. The van der Waals surface area contributed by atoms with E-state index in [9.17, 15) is 5.11 Å². The number of alkyl halides is 3. The highest BCUT2D eigenvalue weighted by molar-refractivity contribution is 6.68. The summed E-state index contributed by atoms with van der Waals surface area (Å²) >= 11 is 16.5. The Morgan fingerprint density at radius 1 is 1.25 bits per heavy atom. The van der Waals surface area contributed by atoms with Gasteiger partial charge in [-0.1, -0.05) is 65.1 Å². The lowest BCUT2D eigenvalue weighted by Gasteiger charge is -2.18.